The highest BCUT2D eigenvalue weighted by Gasteiger charge is 2.14. The molecule has 0 unspecified atom stereocenters. The minimum absolute atomic E-state index is 0.120. The third-order valence-electron chi connectivity index (χ3n) is 2.94. The van der Waals surface area contributed by atoms with E-state index in [1.54, 1.807) is 4.68 Å². The van der Waals surface area contributed by atoms with E-state index in [9.17, 15) is 10.1 Å². The summed E-state index contributed by atoms with van der Waals surface area (Å²) in [5, 5.41) is 18.4. The highest BCUT2D eigenvalue weighted by Crippen LogP contribution is 2.34. The van der Waals surface area contributed by atoms with Gasteiger partial charge in [-0.1, -0.05) is 23.2 Å². The Kier molecular flexibility index (Phi) is 5.03. The third kappa shape index (κ3) is 4.09. The molecule has 1 aromatic heterocycles. The summed E-state index contributed by atoms with van der Waals surface area (Å²) in [7, 11) is 1.87. The summed E-state index contributed by atoms with van der Waals surface area (Å²) in [6.45, 7) is 0.659. The molecule has 1 N–H and O–H groups in total. The van der Waals surface area contributed by atoms with Crippen molar-refractivity contribution >= 4 is 34.6 Å². The maximum absolute atomic E-state index is 10.7. The van der Waals surface area contributed by atoms with Crippen LogP contribution in [0.5, 0.6) is 0 Å². The van der Waals surface area contributed by atoms with E-state index < -0.39 is 4.92 Å². The molecule has 21 heavy (non-hydrogen) atoms. The van der Waals surface area contributed by atoms with Crippen LogP contribution in [0.3, 0.4) is 0 Å². The first kappa shape index (κ1) is 15.6. The molecular weight excluding hydrogens is 315 g/mol. The molecule has 0 amide bonds. The Morgan fingerprint density at radius 2 is 2.05 bits per heavy atom. The van der Waals surface area contributed by atoms with Crippen LogP contribution in [0.15, 0.2) is 24.5 Å². The van der Waals surface area contributed by atoms with Crippen molar-refractivity contribution in [2.45, 2.75) is 12.8 Å². The average Bonchev–Trinajstić information content (AvgIpc) is 2.82. The van der Waals surface area contributed by atoms with Crippen LogP contribution in [0.2, 0.25) is 10.0 Å². The summed E-state index contributed by atoms with van der Waals surface area (Å²) < 4.78 is 1.76. The fraction of sp³-hybridized carbons (Fsp3) is 0.308. The number of nitrogens with one attached hydrogen (secondary N) is 1. The number of non-ortho nitro benzene ring substituents is 1. The molecule has 0 saturated heterocycles. The van der Waals surface area contributed by atoms with Crippen molar-refractivity contribution in [2.75, 3.05) is 11.9 Å². The molecule has 2 rings (SSSR count). The zero-order valence-electron chi connectivity index (χ0n) is 11.3. The van der Waals surface area contributed by atoms with Gasteiger partial charge in [-0.05, 0) is 18.4 Å². The second kappa shape index (κ2) is 6.78. The van der Waals surface area contributed by atoms with Gasteiger partial charge in [0.15, 0.2) is 0 Å². The van der Waals surface area contributed by atoms with E-state index in [-0.39, 0.29) is 15.7 Å². The second-order valence-electron chi connectivity index (χ2n) is 4.59. The Hall–Kier alpha value is -1.79. The van der Waals surface area contributed by atoms with Crippen molar-refractivity contribution in [2.24, 2.45) is 7.05 Å². The van der Waals surface area contributed by atoms with E-state index in [2.05, 4.69) is 10.4 Å². The van der Waals surface area contributed by atoms with Crippen molar-refractivity contribution in [3.8, 4) is 0 Å². The molecule has 0 spiro atoms. The SMILES string of the molecule is Cn1cc(CCCNc2c(Cl)cc([N+](=O)[O-])cc2Cl)cn1. The Morgan fingerprint density at radius 3 is 2.57 bits per heavy atom. The number of aromatic nitrogens is 2. The fourth-order valence-corrected chi connectivity index (χ4v) is 2.55. The van der Waals surface area contributed by atoms with E-state index in [0.29, 0.717) is 12.2 Å². The molecule has 8 heteroatoms. The molecule has 0 saturated carbocycles. The van der Waals surface area contributed by atoms with Gasteiger partial charge in [0.2, 0.25) is 0 Å². The fourth-order valence-electron chi connectivity index (χ4n) is 1.94. The molecular formula is C13H14Cl2N4O2. The normalized spacial score (nSPS) is 10.6. The second-order valence-corrected chi connectivity index (χ2v) is 5.41. The number of halogens is 2. The van der Waals surface area contributed by atoms with Gasteiger partial charge in [0.05, 0.1) is 26.9 Å². The molecule has 2 aromatic rings. The van der Waals surface area contributed by atoms with Crippen molar-refractivity contribution in [3.63, 3.8) is 0 Å². The molecule has 0 aliphatic heterocycles. The van der Waals surface area contributed by atoms with Gasteiger partial charge in [-0.25, -0.2) is 0 Å². The van der Waals surface area contributed by atoms with Crippen molar-refractivity contribution < 1.29 is 4.92 Å². The minimum atomic E-state index is -0.524. The summed E-state index contributed by atoms with van der Waals surface area (Å²) in [5.74, 6) is 0. The summed E-state index contributed by atoms with van der Waals surface area (Å²) in [6.07, 6.45) is 5.54. The number of hydrogen-bond acceptors (Lipinski definition) is 4. The topological polar surface area (TPSA) is 73.0 Å². The molecule has 0 fully saturated rings. The molecule has 1 aromatic carbocycles. The van der Waals surface area contributed by atoms with E-state index >= 15 is 0 Å². The molecule has 0 radical (unpaired) electrons. The first-order valence-electron chi connectivity index (χ1n) is 6.32. The maximum Gasteiger partial charge on any atom is 0.272 e. The average molecular weight is 329 g/mol. The third-order valence-corrected chi connectivity index (χ3v) is 3.54. The molecule has 112 valence electrons. The van der Waals surface area contributed by atoms with Gasteiger partial charge in [-0.3, -0.25) is 14.8 Å². The Morgan fingerprint density at radius 1 is 1.38 bits per heavy atom. The monoisotopic (exact) mass is 328 g/mol. The van der Waals surface area contributed by atoms with E-state index in [1.165, 1.54) is 12.1 Å². The molecule has 1 heterocycles. The van der Waals surface area contributed by atoms with Crippen LogP contribution in [0.1, 0.15) is 12.0 Å². The lowest BCUT2D eigenvalue weighted by molar-refractivity contribution is -0.384. The van der Waals surface area contributed by atoms with Crippen LogP contribution in [-0.2, 0) is 13.5 Å². The van der Waals surface area contributed by atoms with Gasteiger partial charge in [-0.15, -0.1) is 0 Å². The first-order valence-corrected chi connectivity index (χ1v) is 7.08. The standard InChI is InChI=1S/C13H14Cl2N4O2/c1-18-8-9(7-17-18)3-2-4-16-13-11(14)5-10(19(20)21)6-12(13)15/h5-8,16H,2-4H2,1H3. The van der Waals surface area contributed by atoms with E-state index in [0.717, 1.165) is 18.4 Å². The van der Waals surface area contributed by atoms with Crippen LogP contribution >= 0.6 is 23.2 Å². The van der Waals surface area contributed by atoms with Gasteiger partial charge in [0.25, 0.3) is 5.69 Å². The molecule has 0 atom stereocenters. The first-order chi connectivity index (χ1) is 9.97. The van der Waals surface area contributed by atoms with Gasteiger partial charge in [-0.2, -0.15) is 5.10 Å². The van der Waals surface area contributed by atoms with Gasteiger partial charge in [0.1, 0.15) is 0 Å². The lowest BCUT2D eigenvalue weighted by atomic mass is 10.2. The number of aryl methyl sites for hydroxylation is 2. The van der Waals surface area contributed by atoms with Crippen LogP contribution in [0, 0.1) is 10.1 Å². The molecule has 0 aliphatic rings. The summed E-state index contributed by atoms with van der Waals surface area (Å²) >= 11 is 12.0. The number of nitro benzene ring substituents is 1. The van der Waals surface area contributed by atoms with Crippen molar-refractivity contribution in [3.05, 3.63) is 50.2 Å². The molecule has 0 bridgehead atoms. The summed E-state index contributed by atoms with van der Waals surface area (Å²) in [4.78, 5) is 10.2. The van der Waals surface area contributed by atoms with Crippen LogP contribution in [0.4, 0.5) is 11.4 Å². The number of anilines is 1. The number of nitro groups is 1. The lowest BCUT2D eigenvalue weighted by Gasteiger charge is -2.10. The Balaban J connectivity index is 1.92. The highest BCUT2D eigenvalue weighted by atomic mass is 35.5. The van der Waals surface area contributed by atoms with Crippen LogP contribution in [0.25, 0.3) is 0 Å². The quantitative estimate of drug-likeness (QED) is 0.498. The van der Waals surface area contributed by atoms with Gasteiger partial charge >= 0.3 is 0 Å². The van der Waals surface area contributed by atoms with E-state index in [4.69, 9.17) is 23.2 Å². The number of rotatable bonds is 6. The minimum Gasteiger partial charge on any atom is -0.383 e. The van der Waals surface area contributed by atoms with Crippen LogP contribution < -0.4 is 5.32 Å². The van der Waals surface area contributed by atoms with Crippen molar-refractivity contribution in [1.82, 2.24) is 9.78 Å². The highest BCUT2D eigenvalue weighted by molar-refractivity contribution is 6.39. The summed E-state index contributed by atoms with van der Waals surface area (Å²) in [6, 6.07) is 2.58. The number of hydrogen-bond donors (Lipinski definition) is 1. The van der Waals surface area contributed by atoms with Gasteiger partial charge in [0, 0.05) is 31.9 Å². The Bertz CT molecular complexity index is 634. The maximum atomic E-state index is 10.7. The summed E-state index contributed by atoms with van der Waals surface area (Å²) in [5.41, 5.74) is 1.56. The Labute approximate surface area is 131 Å². The number of nitrogens with zero attached hydrogens (tertiary/aromatic N) is 3. The largest absolute Gasteiger partial charge is 0.383 e. The van der Waals surface area contributed by atoms with Crippen LogP contribution in [-0.4, -0.2) is 21.2 Å². The smallest absolute Gasteiger partial charge is 0.272 e. The molecule has 0 aliphatic carbocycles. The predicted molar refractivity (Wildman–Crippen MR) is 83.1 cm³/mol. The van der Waals surface area contributed by atoms with E-state index in [1.807, 2.05) is 19.4 Å². The zero-order valence-corrected chi connectivity index (χ0v) is 12.9. The molecule has 6 nitrogen and oxygen atoms in total. The van der Waals surface area contributed by atoms with Gasteiger partial charge < -0.3 is 5.32 Å². The number of benzene rings is 1. The lowest BCUT2D eigenvalue weighted by Crippen LogP contribution is -2.04. The van der Waals surface area contributed by atoms with Crippen molar-refractivity contribution in [1.29, 1.82) is 0 Å². The predicted octanol–water partition coefficient (Wildman–Crippen LogP) is 3.68. The zero-order chi connectivity index (χ0) is 15.4.